The van der Waals surface area contributed by atoms with Gasteiger partial charge in [-0.1, -0.05) is 36.4 Å². The summed E-state index contributed by atoms with van der Waals surface area (Å²) in [5, 5.41) is 11.9. The molecule has 1 aliphatic heterocycles. The molecule has 3 rings (SSSR count). The minimum absolute atomic E-state index is 0.171. The van der Waals surface area contributed by atoms with Gasteiger partial charge in [-0.3, -0.25) is 10.1 Å². The van der Waals surface area contributed by atoms with E-state index in [4.69, 9.17) is 11.6 Å². The number of nitrogens with zero attached hydrogens (tertiary/aromatic N) is 1. The molecule has 1 aromatic rings. The second kappa shape index (κ2) is 6.68. The standard InChI is InChI=1S/C15H10BrClN2O2S2/c1-9-4-2-5-10(8-12(9)17)18-23-13-7-3-6-11(16)14(13)22-15(23)19(20)21/h2-8,18H,1H2. The highest BCUT2D eigenvalue weighted by atomic mass is 79.9. The topological polar surface area (TPSA) is 55.2 Å². The van der Waals surface area contributed by atoms with Crippen LogP contribution in [0.4, 0.5) is 0 Å². The zero-order valence-corrected chi connectivity index (χ0v) is 15.6. The Balaban J connectivity index is 2.04. The number of rotatable bonds is 2. The normalized spacial score (nSPS) is 19.8. The second-order valence-electron chi connectivity index (χ2n) is 4.60. The number of hydrogen-bond donors (Lipinski definition) is 1. The summed E-state index contributed by atoms with van der Waals surface area (Å²) in [5.74, 6) is 0. The maximum Gasteiger partial charge on any atom is 0.355 e. The van der Waals surface area contributed by atoms with Gasteiger partial charge in [-0.25, -0.2) is 0 Å². The predicted molar refractivity (Wildman–Crippen MR) is 101 cm³/mol. The third kappa shape index (κ3) is 3.33. The van der Waals surface area contributed by atoms with E-state index in [-0.39, 0.29) is 9.24 Å². The van der Waals surface area contributed by atoms with Crippen LogP contribution < -0.4 is 4.72 Å². The zero-order chi connectivity index (χ0) is 16.6. The molecule has 1 N–H and O–H groups in total. The molecule has 118 valence electrons. The van der Waals surface area contributed by atoms with Crippen molar-refractivity contribution in [2.45, 2.75) is 9.79 Å². The molecule has 1 aliphatic carbocycles. The molecule has 4 nitrogen and oxygen atoms in total. The number of halogens is 2. The first kappa shape index (κ1) is 16.6. The SMILES string of the molecule is C=C1C=CC=C(NS2=C([N+](=O)[O-])Sc3c(Br)cccc32)C=C1Cl. The molecular formula is C15H10BrClN2O2S2. The van der Waals surface area contributed by atoms with E-state index in [2.05, 4.69) is 27.2 Å². The highest BCUT2D eigenvalue weighted by Gasteiger charge is 2.32. The second-order valence-corrected chi connectivity index (χ2v) is 8.76. The van der Waals surface area contributed by atoms with E-state index in [0.29, 0.717) is 16.3 Å². The van der Waals surface area contributed by atoms with Crippen LogP contribution in [0.25, 0.3) is 0 Å². The Bertz CT molecular complexity index is 859. The maximum atomic E-state index is 11.4. The zero-order valence-electron chi connectivity index (χ0n) is 11.6. The lowest BCUT2D eigenvalue weighted by molar-refractivity contribution is -0.338. The fourth-order valence-corrected chi connectivity index (χ4v) is 6.25. The molecule has 1 atom stereocenters. The van der Waals surface area contributed by atoms with E-state index < -0.39 is 10.7 Å². The average Bonchev–Trinajstić information content (AvgIpc) is 2.79. The minimum atomic E-state index is -0.846. The fraction of sp³-hybridized carbons (Fsp3) is 0. The molecule has 0 saturated heterocycles. The van der Waals surface area contributed by atoms with E-state index in [1.54, 1.807) is 12.2 Å². The van der Waals surface area contributed by atoms with Crippen molar-refractivity contribution in [1.82, 2.24) is 4.72 Å². The Kier molecular flexibility index (Phi) is 4.82. The molecule has 0 radical (unpaired) electrons. The van der Waals surface area contributed by atoms with E-state index in [0.717, 1.165) is 14.3 Å². The number of hydrogen-bond acceptors (Lipinski definition) is 4. The van der Waals surface area contributed by atoms with E-state index in [1.165, 1.54) is 11.8 Å². The monoisotopic (exact) mass is 428 g/mol. The summed E-state index contributed by atoms with van der Waals surface area (Å²) in [6.07, 6.45) is 7.17. The largest absolute Gasteiger partial charge is 0.355 e. The number of nitro groups is 1. The van der Waals surface area contributed by atoms with Gasteiger partial charge in [0, 0.05) is 35.7 Å². The Hall–Kier alpha value is -1.28. The van der Waals surface area contributed by atoms with Crippen LogP contribution in [0.3, 0.4) is 0 Å². The number of nitrogens with one attached hydrogen (secondary N) is 1. The average molecular weight is 430 g/mol. The van der Waals surface area contributed by atoms with Gasteiger partial charge in [0.15, 0.2) is 0 Å². The molecule has 0 spiro atoms. The summed E-state index contributed by atoms with van der Waals surface area (Å²) in [6, 6.07) is 5.65. The molecular weight excluding hydrogens is 420 g/mol. The van der Waals surface area contributed by atoms with Gasteiger partial charge in [0.1, 0.15) is 0 Å². The molecule has 0 bridgehead atoms. The van der Waals surface area contributed by atoms with Crippen molar-refractivity contribution >= 4 is 54.3 Å². The molecule has 1 heterocycles. The van der Waals surface area contributed by atoms with E-state index >= 15 is 0 Å². The van der Waals surface area contributed by atoms with Crippen molar-refractivity contribution < 1.29 is 4.92 Å². The lowest BCUT2D eigenvalue weighted by Gasteiger charge is -2.10. The Morgan fingerprint density at radius 3 is 2.96 bits per heavy atom. The van der Waals surface area contributed by atoms with E-state index in [1.807, 2.05) is 30.4 Å². The number of allylic oxidation sites excluding steroid dienone is 6. The van der Waals surface area contributed by atoms with Crippen LogP contribution in [-0.4, -0.2) is 9.24 Å². The number of thioether (sulfide) groups is 1. The van der Waals surface area contributed by atoms with Gasteiger partial charge in [0.2, 0.25) is 0 Å². The predicted octanol–water partition coefficient (Wildman–Crippen LogP) is 5.18. The minimum Gasteiger partial charge on any atom is -0.326 e. The number of fused-ring (bicyclic) bond motifs is 1. The van der Waals surface area contributed by atoms with Gasteiger partial charge in [0.25, 0.3) is 0 Å². The maximum absolute atomic E-state index is 11.4. The van der Waals surface area contributed by atoms with Gasteiger partial charge in [-0.2, -0.15) is 0 Å². The van der Waals surface area contributed by atoms with Crippen LogP contribution in [-0.2, 0) is 0 Å². The molecule has 0 saturated carbocycles. The lowest BCUT2D eigenvalue weighted by atomic mass is 10.3. The summed E-state index contributed by atoms with van der Waals surface area (Å²) in [6.45, 7) is 3.84. The van der Waals surface area contributed by atoms with Gasteiger partial charge in [-0.15, -0.1) is 0 Å². The van der Waals surface area contributed by atoms with Crippen molar-refractivity contribution in [3.63, 3.8) is 0 Å². The third-order valence-corrected chi connectivity index (χ3v) is 7.89. The van der Waals surface area contributed by atoms with Gasteiger partial charge in [-0.05, 0) is 57.5 Å². The van der Waals surface area contributed by atoms with Crippen LogP contribution in [0.15, 0.2) is 79.6 Å². The summed E-state index contributed by atoms with van der Waals surface area (Å²) >= 11 is 10.8. The first-order valence-corrected chi connectivity index (χ1v) is 9.62. The lowest BCUT2D eigenvalue weighted by Crippen LogP contribution is -2.12. The highest BCUT2D eigenvalue weighted by Crippen LogP contribution is 2.48. The van der Waals surface area contributed by atoms with Crippen LogP contribution in [0.1, 0.15) is 0 Å². The summed E-state index contributed by atoms with van der Waals surface area (Å²) in [5.41, 5.74) is 1.41. The molecule has 0 amide bonds. The first-order valence-electron chi connectivity index (χ1n) is 6.41. The molecule has 0 aromatic heterocycles. The van der Waals surface area contributed by atoms with Crippen LogP contribution in [0.5, 0.6) is 0 Å². The Morgan fingerprint density at radius 1 is 1.43 bits per heavy atom. The van der Waals surface area contributed by atoms with Crippen LogP contribution >= 0.6 is 50.0 Å². The Labute approximate surface area is 153 Å². The molecule has 1 aromatic carbocycles. The van der Waals surface area contributed by atoms with Gasteiger partial charge >= 0.3 is 4.32 Å². The van der Waals surface area contributed by atoms with Crippen molar-refractivity contribution in [3.8, 4) is 0 Å². The van der Waals surface area contributed by atoms with Crippen LogP contribution in [0, 0.1) is 10.1 Å². The van der Waals surface area contributed by atoms with Crippen molar-refractivity contribution in [2.75, 3.05) is 0 Å². The van der Waals surface area contributed by atoms with Crippen molar-refractivity contribution in [2.24, 2.45) is 0 Å². The molecule has 8 heteroatoms. The van der Waals surface area contributed by atoms with Crippen molar-refractivity contribution in [3.05, 3.63) is 80.0 Å². The summed E-state index contributed by atoms with van der Waals surface area (Å²) < 4.78 is 4.26. The number of benzene rings is 1. The first-order chi connectivity index (χ1) is 11.0. The fourth-order valence-electron chi connectivity index (χ4n) is 1.99. The van der Waals surface area contributed by atoms with E-state index in [9.17, 15) is 10.1 Å². The van der Waals surface area contributed by atoms with Gasteiger partial charge in [0.05, 0.1) is 4.92 Å². The molecule has 2 aliphatic rings. The highest BCUT2D eigenvalue weighted by molar-refractivity contribution is 9.10. The molecule has 23 heavy (non-hydrogen) atoms. The van der Waals surface area contributed by atoms with Crippen LogP contribution in [0.2, 0.25) is 0 Å². The quantitative estimate of drug-likeness (QED) is 0.399. The van der Waals surface area contributed by atoms with Crippen molar-refractivity contribution in [1.29, 1.82) is 0 Å². The summed E-state index contributed by atoms with van der Waals surface area (Å²) in [7, 11) is -0.846. The third-order valence-electron chi connectivity index (χ3n) is 3.05. The molecule has 0 fully saturated rings. The smallest absolute Gasteiger partial charge is 0.326 e. The van der Waals surface area contributed by atoms with Gasteiger partial charge < -0.3 is 4.72 Å². The summed E-state index contributed by atoms with van der Waals surface area (Å²) in [4.78, 5) is 12.9. The molecule has 1 unspecified atom stereocenters. The Morgan fingerprint density at radius 2 is 2.22 bits per heavy atom.